The first-order valence-corrected chi connectivity index (χ1v) is 7.81. The lowest BCUT2D eigenvalue weighted by molar-refractivity contribution is -0.124. The van der Waals surface area contributed by atoms with Gasteiger partial charge in [0.1, 0.15) is 12.8 Å². The fourth-order valence-electron chi connectivity index (χ4n) is 2.97. The van der Waals surface area contributed by atoms with E-state index in [1.807, 2.05) is 12.1 Å². The molecule has 4 nitrogen and oxygen atoms in total. The number of carbonyl (C=O) groups is 1. The predicted molar refractivity (Wildman–Crippen MR) is 83.5 cm³/mol. The number of fused-ring (bicyclic) bond motifs is 1. The molecule has 116 valence electrons. The molecule has 0 saturated heterocycles. The number of amides is 1. The number of aliphatic hydroxyl groups is 1. The number of carbonyl (C=O) groups excluding carboxylic acids is 1. The van der Waals surface area contributed by atoms with Crippen molar-refractivity contribution >= 4 is 11.6 Å². The standard InChI is InChI=1S/C17H25NO3/c1-4-6-10-21-17-12(3)14-9-7-8-13(5-2)16(14)18(17)15(20)11-19/h7-9,12,17,19H,4-6,10-11H2,1-3H3. The van der Waals surface area contributed by atoms with E-state index >= 15 is 0 Å². The molecule has 1 amide bonds. The van der Waals surface area contributed by atoms with Crippen molar-refractivity contribution in [3.8, 4) is 0 Å². The third kappa shape index (κ3) is 2.97. The summed E-state index contributed by atoms with van der Waals surface area (Å²) in [7, 11) is 0. The van der Waals surface area contributed by atoms with Gasteiger partial charge in [0, 0.05) is 12.5 Å². The molecule has 0 aromatic heterocycles. The van der Waals surface area contributed by atoms with Crippen molar-refractivity contribution in [2.75, 3.05) is 18.1 Å². The second-order valence-corrected chi connectivity index (χ2v) is 5.53. The minimum atomic E-state index is -0.488. The topological polar surface area (TPSA) is 49.8 Å². The highest BCUT2D eigenvalue weighted by molar-refractivity contribution is 5.98. The summed E-state index contributed by atoms with van der Waals surface area (Å²) in [5, 5.41) is 9.31. The highest BCUT2D eigenvalue weighted by atomic mass is 16.5. The number of para-hydroxylation sites is 1. The number of nitrogens with zero attached hydrogens (tertiary/aromatic N) is 1. The van der Waals surface area contributed by atoms with Crippen LogP contribution in [-0.4, -0.2) is 30.5 Å². The van der Waals surface area contributed by atoms with Crippen LogP contribution in [0.15, 0.2) is 18.2 Å². The summed E-state index contributed by atoms with van der Waals surface area (Å²) in [6.45, 7) is 6.42. The zero-order chi connectivity index (χ0) is 15.4. The van der Waals surface area contributed by atoms with Gasteiger partial charge in [-0.15, -0.1) is 0 Å². The van der Waals surface area contributed by atoms with E-state index in [1.165, 1.54) is 0 Å². The first-order valence-electron chi connectivity index (χ1n) is 7.81. The van der Waals surface area contributed by atoms with Crippen molar-refractivity contribution in [2.45, 2.75) is 52.2 Å². The smallest absolute Gasteiger partial charge is 0.254 e. The first-order chi connectivity index (χ1) is 10.2. The quantitative estimate of drug-likeness (QED) is 0.820. The Morgan fingerprint density at radius 1 is 1.38 bits per heavy atom. The lowest BCUT2D eigenvalue weighted by Crippen LogP contribution is -2.42. The van der Waals surface area contributed by atoms with Crippen molar-refractivity contribution in [3.63, 3.8) is 0 Å². The number of aryl methyl sites for hydroxylation is 1. The Morgan fingerprint density at radius 2 is 2.14 bits per heavy atom. The Balaban J connectivity index is 2.37. The SMILES string of the molecule is CCCCOC1C(C)c2cccc(CC)c2N1C(=O)CO. The normalized spacial score (nSPS) is 20.7. The molecule has 2 atom stereocenters. The van der Waals surface area contributed by atoms with Crippen LogP contribution >= 0.6 is 0 Å². The van der Waals surface area contributed by atoms with E-state index < -0.39 is 6.61 Å². The van der Waals surface area contributed by atoms with Gasteiger partial charge in [-0.25, -0.2) is 0 Å². The number of anilines is 1. The van der Waals surface area contributed by atoms with Crippen LogP contribution in [0.3, 0.4) is 0 Å². The largest absolute Gasteiger partial charge is 0.387 e. The van der Waals surface area contributed by atoms with Gasteiger partial charge >= 0.3 is 0 Å². The number of ether oxygens (including phenoxy) is 1. The van der Waals surface area contributed by atoms with E-state index in [0.29, 0.717) is 6.61 Å². The van der Waals surface area contributed by atoms with Crippen LogP contribution < -0.4 is 4.90 Å². The van der Waals surface area contributed by atoms with Crippen LogP contribution in [0.4, 0.5) is 5.69 Å². The van der Waals surface area contributed by atoms with Crippen LogP contribution in [0.1, 0.15) is 50.7 Å². The first kappa shape index (κ1) is 16.0. The van der Waals surface area contributed by atoms with E-state index in [4.69, 9.17) is 4.74 Å². The molecule has 2 rings (SSSR count). The van der Waals surface area contributed by atoms with Gasteiger partial charge in [-0.05, 0) is 24.0 Å². The Kier molecular flexibility index (Phi) is 5.37. The molecule has 1 aliphatic heterocycles. The lowest BCUT2D eigenvalue weighted by atomic mass is 9.99. The van der Waals surface area contributed by atoms with Gasteiger partial charge in [-0.2, -0.15) is 0 Å². The average Bonchev–Trinajstić information content (AvgIpc) is 2.80. The molecule has 0 saturated carbocycles. The Bertz CT molecular complexity index is 501. The number of hydrogen-bond acceptors (Lipinski definition) is 3. The van der Waals surface area contributed by atoms with Gasteiger partial charge in [-0.1, -0.05) is 45.4 Å². The molecule has 1 aromatic rings. The van der Waals surface area contributed by atoms with Gasteiger partial charge < -0.3 is 9.84 Å². The van der Waals surface area contributed by atoms with Gasteiger partial charge in [-0.3, -0.25) is 9.69 Å². The third-order valence-electron chi connectivity index (χ3n) is 4.14. The number of rotatable bonds is 6. The van der Waals surface area contributed by atoms with E-state index in [2.05, 4.69) is 26.8 Å². The monoisotopic (exact) mass is 291 g/mol. The lowest BCUT2D eigenvalue weighted by Gasteiger charge is -2.28. The fourth-order valence-corrected chi connectivity index (χ4v) is 2.97. The van der Waals surface area contributed by atoms with Crippen LogP contribution in [0.25, 0.3) is 0 Å². The third-order valence-corrected chi connectivity index (χ3v) is 4.14. The Morgan fingerprint density at radius 3 is 2.76 bits per heavy atom. The van der Waals surface area contributed by atoms with Crippen LogP contribution in [0.5, 0.6) is 0 Å². The van der Waals surface area contributed by atoms with Crippen molar-refractivity contribution in [1.82, 2.24) is 0 Å². The van der Waals surface area contributed by atoms with E-state index in [1.54, 1.807) is 4.90 Å². The van der Waals surface area contributed by atoms with Crippen molar-refractivity contribution in [3.05, 3.63) is 29.3 Å². The number of aliphatic hydroxyl groups excluding tert-OH is 1. The van der Waals surface area contributed by atoms with Crippen LogP contribution in [0.2, 0.25) is 0 Å². The molecule has 0 fully saturated rings. The molecule has 0 aliphatic carbocycles. The molecule has 1 N–H and O–H groups in total. The van der Waals surface area contributed by atoms with Gasteiger partial charge in [0.25, 0.3) is 5.91 Å². The van der Waals surface area contributed by atoms with Crippen molar-refractivity contribution < 1.29 is 14.6 Å². The maximum Gasteiger partial charge on any atom is 0.254 e. The molecule has 0 bridgehead atoms. The van der Waals surface area contributed by atoms with Crippen molar-refractivity contribution in [1.29, 1.82) is 0 Å². The Labute approximate surface area is 126 Å². The second-order valence-electron chi connectivity index (χ2n) is 5.53. The summed E-state index contributed by atoms with van der Waals surface area (Å²) in [5.74, 6) is -0.165. The minimum Gasteiger partial charge on any atom is -0.387 e. The molecule has 0 spiro atoms. The molecule has 0 radical (unpaired) electrons. The predicted octanol–water partition coefficient (Wildman–Crippen LogP) is 2.83. The second kappa shape index (κ2) is 7.05. The number of hydrogen-bond donors (Lipinski definition) is 1. The maximum atomic E-state index is 12.2. The zero-order valence-electron chi connectivity index (χ0n) is 13.1. The molecule has 4 heteroatoms. The fraction of sp³-hybridized carbons (Fsp3) is 0.588. The van der Waals surface area contributed by atoms with Crippen molar-refractivity contribution in [2.24, 2.45) is 0 Å². The van der Waals surface area contributed by atoms with Crippen LogP contribution in [0, 0.1) is 0 Å². The molecular formula is C17H25NO3. The molecule has 2 unspecified atom stereocenters. The van der Waals surface area contributed by atoms with Gasteiger partial charge in [0.05, 0.1) is 5.69 Å². The summed E-state index contributed by atoms with van der Waals surface area (Å²) < 4.78 is 5.97. The maximum absolute atomic E-state index is 12.2. The van der Waals surface area contributed by atoms with E-state index in [9.17, 15) is 9.90 Å². The Hall–Kier alpha value is -1.39. The van der Waals surface area contributed by atoms with Crippen LogP contribution in [-0.2, 0) is 16.0 Å². The highest BCUT2D eigenvalue weighted by Crippen LogP contribution is 2.43. The summed E-state index contributed by atoms with van der Waals surface area (Å²) >= 11 is 0. The molecule has 1 aromatic carbocycles. The molecule has 1 heterocycles. The number of unbranched alkanes of at least 4 members (excludes halogenated alkanes) is 1. The molecular weight excluding hydrogens is 266 g/mol. The summed E-state index contributed by atoms with van der Waals surface area (Å²) in [6, 6.07) is 6.13. The zero-order valence-corrected chi connectivity index (χ0v) is 13.1. The van der Waals surface area contributed by atoms with E-state index in [0.717, 1.165) is 36.1 Å². The van der Waals surface area contributed by atoms with Gasteiger partial charge in [0.15, 0.2) is 0 Å². The highest BCUT2D eigenvalue weighted by Gasteiger charge is 2.40. The van der Waals surface area contributed by atoms with Gasteiger partial charge in [0.2, 0.25) is 0 Å². The number of benzene rings is 1. The summed E-state index contributed by atoms with van der Waals surface area (Å²) in [5.41, 5.74) is 3.20. The minimum absolute atomic E-state index is 0.124. The summed E-state index contributed by atoms with van der Waals surface area (Å²) in [4.78, 5) is 13.9. The molecule has 21 heavy (non-hydrogen) atoms. The average molecular weight is 291 g/mol. The summed E-state index contributed by atoms with van der Waals surface area (Å²) in [6.07, 6.45) is 2.58. The van der Waals surface area contributed by atoms with E-state index in [-0.39, 0.29) is 18.1 Å². The molecule has 1 aliphatic rings.